The highest BCUT2D eigenvalue weighted by Gasteiger charge is 2.27. The standard InChI is InChI=1S/C24H24N4O/c1-16-3-6-20(7-4-16)27-24(29)18-9-11-28(12-10-18)23-19(14-25)15-26-22-8-5-17(2)13-21(22)23/h3-8,13,15,18H,9-12H2,1-2H3,(H,27,29). The molecule has 1 aromatic heterocycles. The van der Waals surface area contributed by atoms with Gasteiger partial charge in [-0.2, -0.15) is 5.26 Å². The van der Waals surface area contributed by atoms with Gasteiger partial charge in [-0.15, -0.1) is 0 Å². The third-order valence-electron chi connectivity index (χ3n) is 5.62. The molecule has 1 N–H and O–H groups in total. The average Bonchev–Trinajstić information content (AvgIpc) is 2.74. The lowest BCUT2D eigenvalue weighted by Gasteiger charge is -2.34. The first-order chi connectivity index (χ1) is 14.0. The summed E-state index contributed by atoms with van der Waals surface area (Å²) in [6.45, 7) is 5.56. The number of hydrogen-bond donors (Lipinski definition) is 1. The number of piperidine rings is 1. The Morgan fingerprint density at radius 2 is 1.79 bits per heavy atom. The van der Waals surface area contributed by atoms with Crippen LogP contribution in [0.3, 0.4) is 0 Å². The number of rotatable bonds is 3. The lowest BCUT2D eigenvalue weighted by Crippen LogP contribution is -2.38. The van der Waals surface area contributed by atoms with Crippen molar-refractivity contribution in [2.45, 2.75) is 26.7 Å². The lowest BCUT2D eigenvalue weighted by molar-refractivity contribution is -0.120. The molecule has 5 nitrogen and oxygen atoms in total. The van der Waals surface area contributed by atoms with Crippen LogP contribution in [0.1, 0.15) is 29.5 Å². The fraction of sp³-hybridized carbons (Fsp3) is 0.292. The molecule has 1 aliphatic rings. The van der Waals surface area contributed by atoms with Crippen molar-refractivity contribution in [2.75, 3.05) is 23.3 Å². The van der Waals surface area contributed by atoms with Crippen LogP contribution in [0.2, 0.25) is 0 Å². The van der Waals surface area contributed by atoms with Gasteiger partial charge < -0.3 is 10.2 Å². The number of aryl methyl sites for hydroxylation is 2. The number of pyridine rings is 1. The smallest absolute Gasteiger partial charge is 0.227 e. The molecule has 3 aromatic rings. The van der Waals surface area contributed by atoms with E-state index in [1.807, 2.05) is 50.2 Å². The number of anilines is 2. The van der Waals surface area contributed by atoms with Crippen molar-refractivity contribution in [1.82, 2.24) is 4.98 Å². The maximum Gasteiger partial charge on any atom is 0.227 e. The van der Waals surface area contributed by atoms with Crippen LogP contribution in [-0.2, 0) is 4.79 Å². The maximum absolute atomic E-state index is 12.7. The molecule has 1 saturated heterocycles. The second-order valence-corrected chi connectivity index (χ2v) is 7.77. The second kappa shape index (κ2) is 7.92. The number of hydrogen-bond acceptors (Lipinski definition) is 4. The largest absolute Gasteiger partial charge is 0.370 e. The van der Waals surface area contributed by atoms with Gasteiger partial charge in [-0.05, 0) is 51.0 Å². The van der Waals surface area contributed by atoms with E-state index >= 15 is 0 Å². The van der Waals surface area contributed by atoms with E-state index in [9.17, 15) is 10.1 Å². The minimum absolute atomic E-state index is 0.0204. The van der Waals surface area contributed by atoms with Gasteiger partial charge in [0.15, 0.2) is 0 Å². The van der Waals surface area contributed by atoms with Gasteiger partial charge in [0.25, 0.3) is 0 Å². The van der Waals surface area contributed by atoms with Gasteiger partial charge >= 0.3 is 0 Å². The Balaban J connectivity index is 1.51. The SMILES string of the molecule is Cc1ccc(NC(=O)C2CCN(c3c(C#N)cnc4ccc(C)cc34)CC2)cc1. The summed E-state index contributed by atoms with van der Waals surface area (Å²) < 4.78 is 0. The third kappa shape index (κ3) is 3.93. The van der Waals surface area contributed by atoms with Crippen LogP contribution in [0.4, 0.5) is 11.4 Å². The number of amides is 1. The molecule has 0 aliphatic carbocycles. The number of carbonyl (C=O) groups excluding carboxylic acids is 1. The summed E-state index contributed by atoms with van der Waals surface area (Å²) in [4.78, 5) is 19.3. The average molecular weight is 384 g/mol. The number of nitrogens with one attached hydrogen (secondary N) is 1. The molecule has 1 amide bonds. The normalized spacial score (nSPS) is 14.6. The summed E-state index contributed by atoms with van der Waals surface area (Å²) in [7, 11) is 0. The zero-order valence-corrected chi connectivity index (χ0v) is 16.8. The van der Waals surface area contributed by atoms with Crippen molar-refractivity contribution < 1.29 is 4.79 Å². The number of nitriles is 1. The zero-order chi connectivity index (χ0) is 20.4. The Hall–Kier alpha value is -3.39. The number of carbonyl (C=O) groups is 1. The van der Waals surface area contributed by atoms with Gasteiger partial charge in [-0.3, -0.25) is 9.78 Å². The van der Waals surface area contributed by atoms with Crippen LogP contribution in [0, 0.1) is 31.1 Å². The van der Waals surface area contributed by atoms with Crippen LogP contribution in [0.15, 0.2) is 48.7 Å². The predicted molar refractivity (Wildman–Crippen MR) is 116 cm³/mol. The summed E-state index contributed by atoms with van der Waals surface area (Å²) in [5.74, 6) is 0.0531. The maximum atomic E-state index is 12.7. The van der Waals surface area contributed by atoms with Crippen LogP contribution in [0.5, 0.6) is 0 Å². The molecule has 1 aliphatic heterocycles. The van der Waals surface area contributed by atoms with E-state index in [1.165, 1.54) is 5.56 Å². The number of aromatic nitrogens is 1. The van der Waals surface area contributed by atoms with Crippen LogP contribution in [-0.4, -0.2) is 24.0 Å². The summed E-state index contributed by atoms with van der Waals surface area (Å²) in [5.41, 5.74) is 5.57. The summed E-state index contributed by atoms with van der Waals surface area (Å²) in [6, 6.07) is 16.3. The Kier molecular flexibility index (Phi) is 5.18. The molecule has 1 fully saturated rings. The topological polar surface area (TPSA) is 69.0 Å². The van der Waals surface area contributed by atoms with Gasteiger partial charge in [0.1, 0.15) is 6.07 Å². The van der Waals surface area contributed by atoms with Crippen molar-refractivity contribution >= 4 is 28.2 Å². The van der Waals surface area contributed by atoms with E-state index < -0.39 is 0 Å². The number of benzene rings is 2. The molecule has 0 unspecified atom stereocenters. The molecule has 0 spiro atoms. The van der Waals surface area contributed by atoms with Crippen molar-refractivity contribution in [3.63, 3.8) is 0 Å². The Morgan fingerprint density at radius 3 is 2.48 bits per heavy atom. The van der Waals surface area contributed by atoms with E-state index in [0.717, 1.165) is 53.8 Å². The van der Waals surface area contributed by atoms with E-state index in [4.69, 9.17) is 0 Å². The molecule has 2 heterocycles. The highest BCUT2D eigenvalue weighted by atomic mass is 16.1. The first-order valence-corrected chi connectivity index (χ1v) is 9.97. The molecule has 0 atom stereocenters. The first-order valence-electron chi connectivity index (χ1n) is 9.97. The van der Waals surface area contributed by atoms with Crippen molar-refractivity contribution in [1.29, 1.82) is 5.26 Å². The van der Waals surface area contributed by atoms with Crippen molar-refractivity contribution in [3.8, 4) is 6.07 Å². The fourth-order valence-electron chi connectivity index (χ4n) is 3.96. The minimum atomic E-state index is -0.0204. The van der Waals surface area contributed by atoms with Crippen molar-refractivity contribution in [3.05, 3.63) is 65.4 Å². The summed E-state index contributed by atoms with van der Waals surface area (Å²) >= 11 is 0. The predicted octanol–water partition coefficient (Wildman–Crippen LogP) is 4.58. The van der Waals surface area contributed by atoms with Gasteiger partial charge in [-0.1, -0.05) is 29.3 Å². The highest BCUT2D eigenvalue weighted by Crippen LogP contribution is 2.33. The molecule has 146 valence electrons. The molecule has 4 rings (SSSR count). The minimum Gasteiger partial charge on any atom is -0.370 e. The fourth-order valence-corrected chi connectivity index (χ4v) is 3.96. The zero-order valence-electron chi connectivity index (χ0n) is 16.8. The molecule has 5 heteroatoms. The molecule has 0 bridgehead atoms. The van der Waals surface area contributed by atoms with Crippen LogP contribution in [0.25, 0.3) is 10.9 Å². The van der Waals surface area contributed by atoms with Gasteiger partial charge in [0.05, 0.1) is 16.8 Å². The van der Waals surface area contributed by atoms with Crippen molar-refractivity contribution in [2.24, 2.45) is 5.92 Å². The summed E-state index contributed by atoms with van der Waals surface area (Å²) in [6.07, 6.45) is 3.18. The van der Waals surface area contributed by atoms with Gasteiger partial charge in [-0.25, -0.2) is 0 Å². The molecule has 0 saturated carbocycles. The molecule has 2 aromatic carbocycles. The van der Waals surface area contributed by atoms with E-state index in [0.29, 0.717) is 5.56 Å². The second-order valence-electron chi connectivity index (χ2n) is 7.77. The van der Waals surface area contributed by atoms with Crippen LogP contribution >= 0.6 is 0 Å². The van der Waals surface area contributed by atoms with Crippen LogP contribution < -0.4 is 10.2 Å². The van der Waals surface area contributed by atoms with E-state index in [-0.39, 0.29) is 11.8 Å². The third-order valence-corrected chi connectivity index (χ3v) is 5.62. The molecular formula is C24H24N4O. The summed E-state index contributed by atoms with van der Waals surface area (Å²) in [5, 5.41) is 13.7. The first kappa shape index (κ1) is 18.9. The lowest BCUT2D eigenvalue weighted by atomic mass is 9.94. The molecule has 29 heavy (non-hydrogen) atoms. The Bertz CT molecular complexity index is 1090. The number of fused-ring (bicyclic) bond motifs is 1. The van der Waals surface area contributed by atoms with Gasteiger partial charge in [0, 0.05) is 36.3 Å². The number of nitrogens with zero attached hydrogens (tertiary/aromatic N) is 3. The van der Waals surface area contributed by atoms with Gasteiger partial charge in [0.2, 0.25) is 5.91 Å². The van der Waals surface area contributed by atoms with E-state index in [1.54, 1.807) is 6.20 Å². The molecule has 0 radical (unpaired) electrons. The Morgan fingerprint density at radius 1 is 1.10 bits per heavy atom. The molecular weight excluding hydrogens is 360 g/mol. The van der Waals surface area contributed by atoms with E-state index in [2.05, 4.69) is 27.3 Å². The Labute approximate surface area is 171 Å². The highest BCUT2D eigenvalue weighted by molar-refractivity contribution is 5.95. The quantitative estimate of drug-likeness (QED) is 0.718. The monoisotopic (exact) mass is 384 g/mol.